The normalized spacial score (nSPS) is 10.9. The maximum Gasteiger partial charge on any atom is 0.323 e. The summed E-state index contributed by atoms with van der Waals surface area (Å²) < 4.78 is 7.30. The molecule has 0 fully saturated rings. The minimum Gasteiger partial charge on any atom is -0.494 e. The predicted octanol–water partition coefficient (Wildman–Crippen LogP) is 4.87. The number of nitrogens with zero attached hydrogens (tertiary/aromatic N) is 3. The van der Waals surface area contributed by atoms with Crippen molar-refractivity contribution in [3.63, 3.8) is 0 Å². The Bertz CT molecular complexity index is 1340. The quantitative estimate of drug-likeness (QED) is 0.340. The van der Waals surface area contributed by atoms with Gasteiger partial charge in [-0.2, -0.15) is 0 Å². The number of benzene rings is 2. The highest BCUT2D eigenvalue weighted by Gasteiger charge is 2.21. The van der Waals surface area contributed by atoms with Crippen molar-refractivity contribution >= 4 is 40.0 Å². The predicted molar refractivity (Wildman–Crippen MR) is 132 cm³/mol. The molecular formula is C25H26N6O3. The first-order valence-corrected chi connectivity index (χ1v) is 10.9. The monoisotopic (exact) mass is 458 g/mol. The second-order valence-corrected chi connectivity index (χ2v) is 7.95. The number of hydrogen-bond acceptors (Lipinski definition) is 6. The van der Waals surface area contributed by atoms with Crippen LogP contribution in [0.3, 0.4) is 0 Å². The molecule has 0 aliphatic carbocycles. The van der Waals surface area contributed by atoms with E-state index in [1.54, 1.807) is 54.7 Å². The molecule has 2 heterocycles. The summed E-state index contributed by atoms with van der Waals surface area (Å²) in [5.74, 6) is 0.739. The van der Waals surface area contributed by atoms with Gasteiger partial charge in [0.25, 0.3) is 0 Å². The van der Waals surface area contributed by atoms with Gasteiger partial charge in [-0.25, -0.2) is 14.8 Å². The number of ketones is 1. The number of anilines is 3. The Labute approximate surface area is 197 Å². The number of nitrogens with two attached hydrogens (primary N) is 1. The van der Waals surface area contributed by atoms with Crippen LogP contribution in [0.5, 0.6) is 5.75 Å². The van der Waals surface area contributed by atoms with Gasteiger partial charge in [0.1, 0.15) is 23.5 Å². The zero-order valence-electron chi connectivity index (χ0n) is 19.2. The number of fused-ring (bicyclic) bond motifs is 1. The van der Waals surface area contributed by atoms with Gasteiger partial charge < -0.3 is 25.7 Å². The molecule has 4 rings (SSSR count). The lowest BCUT2D eigenvalue weighted by Crippen LogP contribution is -2.19. The van der Waals surface area contributed by atoms with E-state index in [1.165, 1.54) is 6.33 Å². The van der Waals surface area contributed by atoms with Crippen molar-refractivity contribution in [3.05, 3.63) is 72.2 Å². The highest BCUT2D eigenvalue weighted by atomic mass is 16.5. The van der Waals surface area contributed by atoms with Gasteiger partial charge in [-0.1, -0.05) is 12.1 Å². The molecule has 2 aromatic heterocycles. The largest absolute Gasteiger partial charge is 0.494 e. The number of ether oxygens (including phenoxy) is 1. The fourth-order valence-corrected chi connectivity index (χ4v) is 3.66. The topological polar surface area (TPSA) is 124 Å². The summed E-state index contributed by atoms with van der Waals surface area (Å²) in [6.45, 7) is 6.47. The maximum absolute atomic E-state index is 13.4. The molecule has 0 radical (unpaired) electrons. The summed E-state index contributed by atoms with van der Waals surface area (Å²) in [7, 11) is 0. The lowest BCUT2D eigenvalue weighted by molar-refractivity contribution is 0.104. The molecule has 174 valence electrons. The van der Waals surface area contributed by atoms with E-state index in [9.17, 15) is 9.59 Å². The highest BCUT2D eigenvalue weighted by Crippen LogP contribution is 2.29. The zero-order valence-corrected chi connectivity index (χ0v) is 19.2. The molecule has 4 N–H and O–H groups in total. The first-order chi connectivity index (χ1) is 16.4. The van der Waals surface area contributed by atoms with Crippen LogP contribution in [0.25, 0.3) is 11.0 Å². The number of rotatable bonds is 7. The highest BCUT2D eigenvalue weighted by molar-refractivity contribution is 6.18. The number of aromatic nitrogens is 3. The van der Waals surface area contributed by atoms with Crippen molar-refractivity contribution in [1.82, 2.24) is 14.5 Å². The third-order valence-electron chi connectivity index (χ3n) is 5.25. The molecule has 2 aromatic carbocycles. The van der Waals surface area contributed by atoms with Crippen LogP contribution in [0.15, 0.2) is 61.1 Å². The standard InChI is InChI=1S/C25H26N6O3/c1-4-34-19-10-8-17(9-11-19)29-25(33)30-18-7-5-6-16(12-18)22(32)20-13-31(15(2)3)24-21(20)23(26)27-14-28-24/h5-15H,4H2,1-3H3,(H2,26,27,28)(H2,29,30,33). The minimum atomic E-state index is -0.428. The van der Waals surface area contributed by atoms with Crippen molar-refractivity contribution in [2.45, 2.75) is 26.8 Å². The van der Waals surface area contributed by atoms with Crippen LogP contribution in [0.4, 0.5) is 22.0 Å². The van der Waals surface area contributed by atoms with Crippen LogP contribution >= 0.6 is 0 Å². The maximum atomic E-state index is 13.4. The van der Waals surface area contributed by atoms with Crippen LogP contribution in [0.1, 0.15) is 42.7 Å². The Balaban J connectivity index is 1.55. The number of hydrogen-bond donors (Lipinski definition) is 3. The number of carbonyl (C=O) groups is 2. The number of urea groups is 1. The van der Waals surface area contributed by atoms with Gasteiger partial charge in [0, 0.05) is 29.2 Å². The van der Waals surface area contributed by atoms with E-state index in [0.29, 0.717) is 40.1 Å². The fraction of sp³-hybridized carbons (Fsp3) is 0.200. The molecule has 4 aromatic rings. The van der Waals surface area contributed by atoms with Crippen molar-refractivity contribution in [3.8, 4) is 5.75 Å². The molecular weight excluding hydrogens is 432 g/mol. The molecule has 9 nitrogen and oxygen atoms in total. The van der Waals surface area contributed by atoms with E-state index in [4.69, 9.17) is 10.5 Å². The second-order valence-electron chi connectivity index (χ2n) is 7.95. The van der Waals surface area contributed by atoms with E-state index >= 15 is 0 Å². The fourth-order valence-electron chi connectivity index (χ4n) is 3.66. The summed E-state index contributed by atoms with van der Waals surface area (Å²) >= 11 is 0. The number of nitrogens with one attached hydrogen (secondary N) is 2. The zero-order chi connectivity index (χ0) is 24.2. The van der Waals surface area contributed by atoms with Gasteiger partial charge in [0.15, 0.2) is 5.78 Å². The van der Waals surface area contributed by atoms with Crippen LogP contribution in [0, 0.1) is 0 Å². The van der Waals surface area contributed by atoms with Gasteiger partial charge in [0.05, 0.1) is 17.6 Å². The molecule has 34 heavy (non-hydrogen) atoms. The summed E-state index contributed by atoms with van der Waals surface area (Å²) in [6.07, 6.45) is 3.14. The van der Waals surface area contributed by atoms with E-state index in [0.717, 1.165) is 5.75 Å². The Hall–Kier alpha value is -4.40. The summed E-state index contributed by atoms with van der Waals surface area (Å²) in [5, 5.41) is 6.04. The van der Waals surface area contributed by atoms with Gasteiger partial charge >= 0.3 is 6.03 Å². The summed E-state index contributed by atoms with van der Waals surface area (Å²) in [4.78, 5) is 34.2. The summed E-state index contributed by atoms with van der Waals surface area (Å²) in [5.41, 5.74) is 8.61. The van der Waals surface area contributed by atoms with Crippen LogP contribution in [-0.4, -0.2) is 33.0 Å². The summed E-state index contributed by atoms with van der Waals surface area (Å²) in [6, 6.07) is 13.5. The van der Waals surface area contributed by atoms with E-state index in [2.05, 4.69) is 20.6 Å². The number of nitrogen functional groups attached to an aromatic ring is 1. The van der Waals surface area contributed by atoms with Crippen LogP contribution in [-0.2, 0) is 0 Å². The van der Waals surface area contributed by atoms with Crippen molar-refractivity contribution in [1.29, 1.82) is 0 Å². The van der Waals surface area contributed by atoms with Gasteiger partial charge in [-0.15, -0.1) is 0 Å². The Morgan fingerprint density at radius 2 is 1.79 bits per heavy atom. The molecule has 0 aliphatic heterocycles. The Kier molecular flexibility index (Phi) is 6.44. The van der Waals surface area contributed by atoms with Crippen molar-refractivity contribution < 1.29 is 14.3 Å². The smallest absolute Gasteiger partial charge is 0.323 e. The third-order valence-corrected chi connectivity index (χ3v) is 5.25. The molecule has 0 aliphatic rings. The first kappa shape index (κ1) is 22.8. The SMILES string of the molecule is CCOc1ccc(NC(=O)Nc2cccc(C(=O)c3cn(C(C)C)c4ncnc(N)c34)c2)cc1. The molecule has 0 bridgehead atoms. The average molecular weight is 459 g/mol. The van der Waals surface area contributed by atoms with Crippen LogP contribution in [0.2, 0.25) is 0 Å². The minimum absolute atomic E-state index is 0.0812. The molecule has 0 spiro atoms. The Morgan fingerprint density at radius 3 is 2.50 bits per heavy atom. The van der Waals surface area contributed by atoms with E-state index in [-0.39, 0.29) is 17.6 Å². The lowest BCUT2D eigenvalue weighted by atomic mass is 10.0. The molecule has 0 unspecified atom stereocenters. The number of carbonyl (C=O) groups excluding carboxylic acids is 2. The van der Waals surface area contributed by atoms with E-state index in [1.807, 2.05) is 25.3 Å². The number of amides is 2. The Morgan fingerprint density at radius 1 is 1.06 bits per heavy atom. The van der Waals surface area contributed by atoms with Crippen molar-refractivity contribution in [2.24, 2.45) is 0 Å². The molecule has 9 heteroatoms. The molecule has 0 saturated carbocycles. The molecule has 0 atom stereocenters. The van der Waals surface area contributed by atoms with Crippen molar-refractivity contribution in [2.75, 3.05) is 23.0 Å². The van der Waals surface area contributed by atoms with E-state index < -0.39 is 6.03 Å². The lowest BCUT2D eigenvalue weighted by Gasteiger charge is -2.10. The average Bonchev–Trinajstić information content (AvgIpc) is 3.21. The van der Waals surface area contributed by atoms with Gasteiger partial charge in [-0.05, 0) is 57.2 Å². The third kappa shape index (κ3) is 4.68. The second kappa shape index (κ2) is 9.62. The van der Waals surface area contributed by atoms with Gasteiger partial charge in [0.2, 0.25) is 0 Å². The molecule has 0 saturated heterocycles. The first-order valence-electron chi connectivity index (χ1n) is 10.9. The molecule has 2 amide bonds. The van der Waals surface area contributed by atoms with Gasteiger partial charge in [-0.3, -0.25) is 4.79 Å². The van der Waals surface area contributed by atoms with Crippen LogP contribution < -0.4 is 21.1 Å².